The molecule has 1 nitrogen and oxygen atoms in total. The Bertz CT molecular complexity index is 192. The van der Waals surface area contributed by atoms with Gasteiger partial charge in [0.15, 0.2) is 0 Å². The Labute approximate surface area is 79.7 Å². The Morgan fingerprint density at radius 1 is 1.50 bits per heavy atom. The smallest absolute Gasteiger partial charge is 0.0588 e. The molecule has 0 saturated heterocycles. The number of nitrogens with zero attached hydrogens (tertiary/aromatic N) is 1. The van der Waals surface area contributed by atoms with Crippen LogP contribution >= 0.6 is 11.8 Å². The van der Waals surface area contributed by atoms with E-state index < -0.39 is 0 Å². The van der Waals surface area contributed by atoms with Crippen molar-refractivity contribution in [1.82, 2.24) is 0 Å². The highest BCUT2D eigenvalue weighted by Gasteiger charge is 1.91. The average Bonchev–Trinajstić information content (AvgIpc) is 2.10. The molecule has 0 saturated carbocycles. The standard InChI is InChI=1S/C10H17NS/c1-5-7-11-10(4)9(3)8-12-6-2/h7-8H,4-6H2,1-3H3. The van der Waals surface area contributed by atoms with Crippen LogP contribution in [-0.2, 0) is 0 Å². The number of hydrogen-bond acceptors (Lipinski definition) is 2. The maximum Gasteiger partial charge on any atom is 0.0588 e. The molecule has 0 heterocycles. The molecule has 0 aliphatic heterocycles. The van der Waals surface area contributed by atoms with E-state index in [-0.39, 0.29) is 0 Å². The second kappa shape index (κ2) is 7.17. The maximum atomic E-state index is 4.19. The van der Waals surface area contributed by atoms with Gasteiger partial charge in [-0.1, -0.05) is 20.4 Å². The molecule has 0 atom stereocenters. The van der Waals surface area contributed by atoms with Crippen LogP contribution in [0.15, 0.2) is 28.2 Å². The third kappa shape index (κ3) is 5.19. The summed E-state index contributed by atoms with van der Waals surface area (Å²) in [6.45, 7) is 10.1. The van der Waals surface area contributed by atoms with Crippen LogP contribution < -0.4 is 0 Å². The third-order valence-electron chi connectivity index (χ3n) is 1.31. The summed E-state index contributed by atoms with van der Waals surface area (Å²) in [5.74, 6) is 1.10. The monoisotopic (exact) mass is 183 g/mol. The van der Waals surface area contributed by atoms with Crippen LogP contribution in [0.1, 0.15) is 27.2 Å². The Morgan fingerprint density at radius 3 is 2.67 bits per heavy atom. The summed E-state index contributed by atoms with van der Waals surface area (Å²) in [4.78, 5) is 4.19. The third-order valence-corrected chi connectivity index (χ3v) is 2.17. The van der Waals surface area contributed by atoms with Gasteiger partial charge in [-0.05, 0) is 30.1 Å². The lowest BCUT2D eigenvalue weighted by molar-refractivity contribution is 1.26. The number of hydrogen-bond donors (Lipinski definition) is 0. The molecule has 2 heteroatoms. The van der Waals surface area contributed by atoms with Gasteiger partial charge >= 0.3 is 0 Å². The number of aliphatic imine (C=N–C) groups is 1. The molecule has 68 valence electrons. The number of allylic oxidation sites excluding steroid dienone is 1. The van der Waals surface area contributed by atoms with Gasteiger partial charge in [-0.15, -0.1) is 11.8 Å². The van der Waals surface area contributed by atoms with E-state index in [1.807, 2.05) is 13.1 Å². The van der Waals surface area contributed by atoms with E-state index in [0.29, 0.717) is 0 Å². The lowest BCUT2D eigenvalue weighted by atomic mass is 10.3. The first-order valence-electron chi connectivity index (χ1n) is 4.22. The van der Waals surface area contributed by atoms with Crippen molar-refractivity contribution in [2.45, 2.75) is 27.2 Å². The second-order valence-corrected chi connectivity index (χ2v) is 3.57. The van der Waals surface area contributed by atoms with Crippen LogP contribution in [0.25, 0.3) is 0 Å². The van der Waals surface area contributed by atoms with Gasteiger partial charge in [0, 0.05) is 6.21 Å². The Hall–Kier alpha value is -0.500. The normalized spacial score (nSPS) is 12.4. The molecular weight excluding hydrogens is 166 g/mol. The summed E-state index contributed by atoms with van der Waals surface area (Å²) in [5, 5.41) is 2.11. The molecule has 0 fully saturated rings. The molecule has 0 aliphatic carbocycles. The quantitative estimate of drug-likeness (QED) is 0.468. The molecule has 0 aromatic carbocycles. The fourth-order valence-corrected chi connectivity index (χ4v) is 1.13. The highest BCUT2D eigenvalue weighted by atomic mass is 32.2. The summed E-state index contributed by atoms with van der Waals surface area (Å²) in [6, 6.07) is 0. The number of thioether (sulfide) groups is 1. The summed E-state index contributed by atoms with van der Waals surface area (Å²) in [5.41, 5.74) is 2.03. The molecule has 0 bridgehead atoms. The zero-order valence-electron chi connectivity index (χ0n) is 8.13. The van der Waals surface area contributed by atoms with Crippen molar-refractivity contribution in [2.75, 3.05) is 5.75 Å². The Morgan fingerprint density at radius 2 is 2.17 bits per heavy atom. The predicted molar refractivity (Wildman–Crippen MR) is 59.8 cm³/mol. The van der Waals surface area contributed by atoms with E-state index in [9.17, 15) is 0 Å². The van der Waals surface area contributed by atoms with Crippen LogP contribution in [0.5, 0.6) is 0 Å². The van der Waals surface area contributed by atoms with Crippen molar-refractivity contribution in [3.63, 3.8) is 0 Å². The van der Waals surface area contributed by atoms with E-state index in [1.54, 1.807) is 11.8 Å². The average molecular weight is 183 g/mol. The first-order chi connectivity index (χ1) is 5.72. The van der Waals surface area contributed by atoms with Crippen LogP contribution in [0.4, 0.5) is 0 Å². The molecule has 0 unspecified atom stereocenters. The van der Waals surface area contributed by atoms with Gasteiger partial charge in [-0.2, -0.15) is 0 Å². The van der Waals surface area contributed by atoms with E-state index in [0.717, 1.165) is 23.4 Å². The van der Waals surface area contributed by atoms with Gasteiger partial charge < -0.3 is 0 Å². The lowest BCUT2D eigenvalue weighted by Gasteiger charge is -1.98. The molecule has 0 N–H and O–H groups in total. The highest BCUT2D eigenvalue weighted by Crippen LogP contribution is 2.13. The summed E-state index contributed by atoms with van der Waals surface area (Å²) < 4.78 is 0. The van der Waals surface area contributed by atoms with Gasteiger partial charge in [-0.3, -0.25) is 4.99 Å². The van der Waals surface area contributed by atoms with Crippen molar-refractivity contribution < 1.29 is 0 Å². The van der Waals surface area contributed by atoms with Crippen molar-refractivity contribution >= 4 is 18.0 Å². The van der Waals surface area contributed by atoms with Crippen LogP contribution in [0.2, 0.25) is 0 Å². The highest BCUT2D eigenvalue weighted by molar-refractivity contribution is 8.02. The first kappa shape index (κ1) is 11.5. The predicted octanol–water partition coefficient (Wildman–Crippen LogP) is 3.64. The van der Waals surface area contributed by atoms with Gasteiger partial charge in [0.2, 0.25) is 0 Å². The van der Waals surface area contributed by atoms with Crippen LogP contribution in [0, 0.1) is 0 Å². The number of rotatable bonds is 5. The summed E-state index contributed by atoms with van der Waals surface area (Å²) in [7, 11) is 0. The molecule has 0 rings (SSSR count). The molecule has 0 aliphatic rings. The molecular formula is C10H17NS. The first-order valence-corrected chi connectivity index (χ1v) is 5.27. The lowest BCUT2D eigenvalue weighted by Crippen LogP contribution is -1.79. The SMILES string of the molecule is C=C(N=CCC)C(C)=CSCC. The van der Waals surface area contributed by atoms with Crippen LogP contribution in [0.3, 0.4) is 0 Å². The Kier molecular flexibility index (Phi) is 6.87. The molecule has 0 aromatic rings. The minimum absolute atomic E-state index is 0.873. The molecule has 0 radical (unpaired) electrons. The van der Waals surface area contributed by atoms with Crippen LogP contribution in [-0.4, -0.2) is 12.0 Å². The van der Waals surface area contributed by atoms with Gasteiger partial charge in [0.25, 0.3) is 0 Å². The largest absolute Gasteiger partial charge is 0.262 e. The van der Waals surface area contributed by atoms with Crippen molar-refractivity contribution in [3.05, 3.63) is 23.3 Å². The van der Waals surface area contributed by atoms with E-state index in [1.165, 1.54) is 0 Å². The molecule has 0 aromatic heterocycles. The second-order valence-electron chi connectivity index (χ2n) is 2.42. The van der Waals surface area contributed by atoms with Gasteiger partial charge in [0.1, 0.15) is 0 Å². The zero-order valence-corrected chi connectivity index (χ0v) is 8.95. The molecule has 0 spiro atoms. The van der Waals surface area contributed by atoms with Crippen molar-refractivity contribution in [2.24, 2.45) is 4.99 Å². The zero-order chi connectivity index (χ0) is 9.40. The van der Waals surface area contributed by atoms with Crippen molar-refractivity contribution in [1.29, 1.82) is 0 Å². The molecule has 12 heavy (non-hydrogen) atoms. The topological polar surface area (TPSA) is 12.4 Å². The van der Waals surface area contributed by atoms with Gasteiger partial charge in [0.05, 0.1) is 5.70 Å². The minimum Gasteiger partial charge on any atom is -0.262 e. The van der Waals surface area contributed by atoms with Gasteiger partial charge in [-0.25, -0.2) is 0 Å². The Balaban J connectivity index is 4.00. The molecule has 0 amide bonds. The summed E-state index contributed by atoms with van der Waals surface area (Å²) in [6.07, 6.45) is 2.85. The van der Waals surface area contributed by atoms with Crippen molar-refractivity contribution in [3.8, 4) is 0 Å². The fourth-order valence-electron chi connectivity index (χ4n) is 0.580. The summed E-state index contributed by atoms with van der Waals surface area (Å²) >= 11 is 1.78. The minimum atomic E-state index is 0.873. The van der Waals surface area contributed by atoms with E-state index >= 15 is 0 Å². The maximum absolute atomic E-state index is 4.19. The van der Waals surface area contributed by atoms with E-state index in [2.05, 4.69) is 30.8 Å². The van der Waals surface area contributed by atoms with E-state index in [4.69, 9.17) is 0 Å². The fraction of sp³-hybridized carbons (Fsp3) is 0.500.